The van der Waals surface area contributed by atoms with Gasteiger partial charge in [0.05, 0.1) is 18.4 Å². The zero-order valence-electron chi connectivity index (χ0n) is 16.9. The molecule has 0 saturated carbocycles. The number of sulfonamides is 1. The number of aliphatic carboxylic acids is 1. The highest BCUT2D eigenvalue weighted by Gasteiger charge is 2.10. The molecule has 0 aromatic heterocycles. The molecule has 1 aromatic carbocycles. The number of carbonyl (C=O) groups is 1. The zero-order valence-corrected chi connectivity index (χ0v) is 17.7. The van der Waals surface area contributed by atoms with E-state index < -0.39 is 22.1 Å². The summed E-state index contributed by atoms with van der Waals surface area (Å²) in [5, 5.41) is 18.5. The fourth-order valence-electron chi connectivity index (χ4n) is 2.50. The van der Waals surface area contributed by atoms with E-state index in [0.717, 1.165) is 12.2 Å². The maximum Gasteiger partial charge on any atom is 0.303 e. The van der Waals surface area contributed by atoms with Crippen LogP contribution in [0.4, 0.5) is 0 Å². The van der Waals surface area contributed by atoms with Crippen molar-refractivity contribution in [2.75, 3.05) is 18.9 Å². The standard InChI is InChI=1S/C21H31NO6S/c1-2-18-10-9-12-20(16-18)28-17-19(23)11-6-8-15-29(26,27)22-14-7-4-3-5-13-21(24)25/h9-10,12,16,19,22-23H,2-3,5-6,8,11,13-15,17H2,1H3,(H,24,25). The first-order chi connectivity index (χ1) is 13.8. The Hall–Kier alpha value is -2.08. The number of aliphatic hydroxyl groups is 1. The number of ether oxygens (including phenoxy) is 1. The van der Waals surface area contributed by atoms with Gasteiger partial charge in [0, 0.05) is 12.8 Å². The minimum absolute atomic E-state index is 0.0166. The summed E-state index contributed by atoms with van der Waals surface area (Å²) in [6.45, 7) is 2.25. The van der Waals surface area contributed by atoms with E-state index >= 15 is 0 Å². The summed E-state index contributed by atoms with van der Waals surface area (Å²) in [6.07, 6.45) is 2.67. The van der Waals surface area contributed by atoms with E-state index in [2.05, 4.69) is 23.5 Å². The quantitative estimate of drug-likeness (QED) is 0.311. The molecule has 0 radical (unpaired) electrons. The molecule has 0 saturated heterocycles. The van der Waals surface area contributed by atoms with E-state index in [-0.39, 0.29) is 25.3 Å². The number of carboxylic acid groups (broad SMARTS) is 1. The monoisotopic (exact) mass is 425 g/mol. The van der Waals surface area contributed by atoms with Gasteiger partial charge >= 0.3 is 5.97 Å². The molecule has 0 aliphatic rings. The minimum atomic E-state index is -3.41. The maximum absolute atomic E-state index is 11.9. The smallest absolute Gasteiger partial charge is 0.303 e. The summed E-state index contributed by atoms with van der Waals surface area (Å²) >= 11 is 0. The van der Waals surface area contributed by atoms with E-state index in [1.165, 1.54) is 5.56 Å². The van der Waals surface area contributed by atoms with Crippen molar-refractivity contribution in [2.45, 2.75) is 58.0 Å². The number of aliphatic hydroxyl groups excluding tert-OH is 1. The number of benzene rings is 1. The average molecular weight is 426 g/mol. The zero-order chi connectivity index (χ0) is 21.5. The van der Waals surface area contributed by atoms with Crippen LogP contribution in [-0.2, 0) is 21.2 Å². The van der Waals surface area contributed by atoms with E-state index in [9.17, 15) is 18.3 Å². The van der Waals surface area contributed by atoms with Gasteiger partial charge in [-0.3, -0.25) is 4.79 Å². The molecule has 1 aromatic rings. The highest BCUT2D eigenvalue weighted by Crippen LogP contribution is 2.14. The van der Waals surface area contributed by atoms with Gasteiger partial charge in [-0.05, 0) is 49.8 Å². The van der Waals surface area contributed by atoms with Crippen molar-refractivity contribution in [3.8, 4) is 17.6 Å². The van der Waals surface area contributed by atoms with E-state index in [1.54, 1.807) is 0 Å². The molecule has 0 fully saturated rings. The van der Waals surface area contributed by atoms with Crippen LogP contribution in [0.3, 0.4) is 0 Å². The van der Waals surface area contributed by atoms with Crippen molar-refractivity contribution in [1.29, 1.82) is 0 Å². The van der Waals surface area contributed by atoms with Gasteiger partial charge in [-0.2, -0.15) is 0 Å². The van der Waals surface area contributed by atoms with E-state index in [4.69, 9.17) is 9.84 Å². The molecule has 29 heavy (non-hydrogen) atoms. The summed E-state index contributed by atoms with van der Waals surface area (Å²) < 4.78 is 31.7. The van der Waals surface area contributed by atoms with Gasteiger partial charge in [-0.1, -0.05) is 25.0 Å². The molecule has 1 unspecified atom stereocenters. The Labute approximate surface area is 173 Å². The summed E-state index contributed by atoms with van der Waals surface area (Å²) in [6, 6.07) is 7.72. The molecule has 162 valence electrons. The van der Waals surface area contributed by atoms with E-state index in [0.29, 0.717) is 32.1 Å². The van der Waals surface area contributed by atoms with Crippen LogP contribution in [0.1, 0.15) is 51.0 Å². The molecule has 0 amide bonds. The molecule has 3 N–H and O–H groups in total. The van der Waals surface area contributed by atoms with Crippen LogP contribution in [0.5, 0.6) is 5.75 Å². The third-order valence-electron chi connectivity index (χ3n) is 4.15. The van der Waals surface area contributed by atoms with Crippen molar-refractivity contribution in [1.82, 2.24) is 4.72 Å². The van der Waals surface area contributed by atoms with Crippen molar-refractivity contribution in [3.63, 3.8) is 0 Å². The molecule has 0 aliphatic carbocycles. The van der Waals surface area contributed by atoms with Gasteiger partial charge in [0.1, 0.15) is 12.4 Å². The molecule has 0 spiro atoms. The summed E-state index contributed by atoms with van der Waals surface area (Å²) in [4.78, 5) is 10.3. The number of unbranched alkanes of at least 4 members (excludes halogenated alkanes) is 2. The normalized spacial score (nSPS) is 12.1. The van der Waals surface area contributed by atoms with Crippen LogP contribution in [-0.4, -0.2) is 49.6 Å². The molecule has 0 bridgehead atoms. The Kier molecular flexibility index (Phi) is 12.0. The van der Waals surface area contributed by atoms with Crippen LogP contribution in [0.25, 0.3) is 0 Å². The van der Waals surface area contributed by atoms with Gasteiger partial charge < -0.3 is 14.9 Å². The fourth-order valence-corrected chi connectivity index (χ4v) is 3.52. The summed E-state index contributed by atoms with van der Waals surface area (Å²) in [5.41, 5.74) is 1.17. The second-order valence-electron chi connectivity index (χ2n) is 6.70. The van der Waals surface area contributed by atoms with Gasteiger partial charge in [0.2, 0.25) is 10.0 Å². The summed E-state index contributed by atoms with van der Waals surface area (Å²) in [5.74, 6) is 5.25. The van der Waals surface area contributed by atoms with Gasteiger partial charge in [-0.25, -0.2) is 13.1 Å². The Balaban J connectivity index is 2.15. The lowest BCUT2D eigenvalue weighted by Gasteiger charge is -2.13. The van der Waals surface area contributed by atoms with Gasteiger partial charge in [0.25, 0.3) is 0 Å². The van der Waals surface area contributed by atoms with Gasteiger partial charge in [0.15, 0.2) is 0 Å². The number of carboxylic acids is 1. The molecule has 0 heterocycles. The first-order valence-electron chi connectivity index (χ1n) is 9.87. The lowest BCUT2D eigenvalue weighted by atomic mass is 10.1. The van der Waals surface area contributed by atoms with Crippen molar-refractivity contribution in [3.05, 3.63) is 29.8 Å². The highest BCUT2D eigenvalue weighted by atomic mass is 32.2. The molecular formula is C21H31NO6S. The minimum Gasteiger partial charge on any atom is -0.491 e. The molecule has 1 rings (SSSR count). The average Bonchev–Trinajstić information content (AvgIpc) is 2.69. The number of aryl methyl sites for hydroxylation is 1. The maximum atomic E-state index is 11.9. The van der Waals surface area contributed by atoms with Crippen molar-refractivity contribution >= 4 is 16.0 Å². The Bertz CT molecular complexity index is 782. The molecular weight excluding hydrogens is 394 g/mol. The lowest BCUT2D eigenvalue weighted by molar-refractivity contribution is -0.137. The van der Waals surface area contributed by atoms with Crippen LogP contribution in [0.2, 0.25) is 0 Å². The second-order valence-corrected chi connectivity index (χ2v) is 8.63. The predicted molar refractivity (Wildman–Crippen MR) is 112 cm³/mol. The van der Waals surface area contributed by atoms with Crippen molar-refractivity contribution in [2.24, 2.45) is 0 Å². The number of rotatable bonds is 14. The van der Waals surface area contributed by atoms with Crippen LogP contribution < -0.4 is 9.46 Å². The molecule has 0 aliphatic heterocycles. The van der Waals surface area contributed by atoms with Crippen LogP contribution in [0, 0.1) is 11.8 Å². The van der Waals surface area contributed by atoms with Crippen molar-refractivity contribution < 1.29 is 28.2 Å². The topological polar surface area (TPSA) is 113 Å². The predicted octanol–water partition coefficient (Wildman–Crippen LogP) is 2.34. The summed E-state index contributed by atoms with van der Waals surface area (Å²) in [7, 11) is -3.41. The van der Waals surface area contributed by atoms with Crippen LogP contribution >= 0.6 is 0 Å². The fraction of sp³-hybridized carbons (Fsp3) is 0.571. The Morgan fingerprint density at radius 2 is 2.03 bits per heavy atom. The lowest BCUT2D eigenvalue weighted by Crippen LogP contribution is -2.27. The Morgan fingerprint density at radius 1 is 1.24 bits per heavy atom. The first-order valence-corrected chi connectivity index (χ1v) is 11.5. The molecule has 8 heteroatoms. The number of hydrogen-bond acceptors (Lipinski definition) is 5. The number of nitrogens with one attached hydrogen (secondary N) is 1. The molecule has 7 nitrogen and oxygen atoms in total. The molecule has 1 atom stereocenters. The number of hydrogen-bond donors (Lipinski definition) is 3. The first kappa shape index (κ1) is 25.0. The van der Waals surface area contributed by atoms with Crippen LogP contribution in [0.15, 0.2) is 24.3 Å². The SMILES string of the molecule is CCc1cccc(OCC(O)CCCCS(=O)(=O)NCC#CCCCC(=O)O)c1. The highest BCUT2D eigenvalue weighted by molar-refractivity contribution is 7.89. The largest absolute Gasteiger partial charge is 0.491 e. The second kappa shape index (κ2) is 14.0. The van der Waals surface area contributed by atoms with E-state index in [1.807, 2.05) is 24.3 Å². The third-order valence-corrected chi connectivity index (χ3v) is 5.56. The van der Waals surface area contributed by atoms with Gasteiger partial charge in [-0.15, -0.1) is 5.92 Å². The Morgan fingerprint density at radius 3 is 2.76 bits per heavy atom. The third kappa shape index (κ3) is 12.9.